The Kier molecular flexibility index (Phi) is 5.62. The SMILES string of the molecule is CCOC1(C(O)Cc2cc(C)ccc2OC)CCOCC1. The van der Waals surface area contributed by atoms with E-state index in [-0.39, 0.29) is 0 Å². The van der Waals surface area contributed by atoms with Gasteiger partial charge in [-0.05, 0) is 25.5 Å². The number of aliphatic hydroxyl groups excluding tert-OH is 1. The van der Waals surface area contributed by atoms with Gasteiger partial charge in [-0.2, -0.15) is 0 Å². The summed E-state index contributed by atoms with van der Waals surface area (Å²) in [5.41, 5.74) is 1.69. The minimum absolute atomic E-state index is 0.498. The fraction of sp³-hybridized carbons (Fsp3) is 0.647. The summed E-state index contributed by atoms with van der Waals surface area (Å²) < 4.78 is 16.8. The van der Waals surface area contributed by atoms with E-state index in [1.54, 1.807) is 7.11 Å². The number of methoxy groups -OCH3 is 1. The minimum atomic E-state index is -0.558. The fourth-order valence-electron chi connectivity index (χ4n) is 3.04. The number of hydrogen-bond donors (Lipinski definition) is 1. The van der Waals surface area contributed by atoms with Gasteiger partial charge in [-0.15, -0.1) is 0 Å². The van der Waals surface area contributed by atoms with E-state index in [1.807, 2.05) is 26.0 Å². The zero-order chi connectivity index (χ0) is 15.3. The third-order valence-electron chi connectivity index (χ3n) is 4.23. The van der Waals surface area contributed by atoms with Crippen molar-refractivity contribution < 1.29 is 19.3 Å². The van der Waals surface area contributed by atoms with Crippen molar-refractivity contribution in [2.45, 2.75) is 44.8 Å². The van der Waals surface area contributed by atoms with Crippen LogP contribution in [0.15, 0.2) is 18.2 Å². The molecule has 1 aliphatic rings. The van der Waals surface area contributed by atoms with Gasteiger partial charge >= 0.3 is 0 Å². The standard InChI is InChI=1S/C17H26O4/c1-4-21-17(7-9-20-10-8-17)16(18)12-14-11-13(2)5-6-15(14)19-3/h5-6,11,16,18H,4,7-10,12H2,1-3H3. The third kappa shape index (κ3) is 3.76. The maximum Gasteiger partial charge on any atom is 0.122 e. The van der Waals surface area contributed by atoms with Gasteiger partial charge in [-0.25, -0.2) is 0 Å². The van der Waals surface area contributed by atoms with Crippen LogP contribution in [0.2, 0.25) is 0 Å². The lowest BCUT2D eigenvalue weighted by Crippen LogP contribution is -2.50. The number of rotatable bonds is 6. The van der Waals surface area contributed by atoms with Crippen LogP contribution in [0.25, 0.3) is 0 Å². The van der Waals surface area contributed by atoms with E-state index in [4.69, 9.17) is 14.2 Å². The molecule has 1 atom stereocenters. The average Bonchev–Trinajstić information content (AvgIpc) is 2.49. The molecule has 1 heterocycles. The zero-order valence-corrected chi connectivity index (χ0v) is 13.2. The molecule has 21 heavy (non-hydrogen) atoms. The van der Waals surface area contributed by atoms with Crippen molar-refractivity contribution in [1.29, 1.82) is 0 Å². The molecule has 1 unspecified atom stereocenters. The van der Waals surface area contributed by atoms with E-state index in [9.17, 15) is 5.11 Å². The Hall–Kier alpha value is -1.10. The number of aliphatic hydroxyl groups is 1. The second kappa shape index (κ2) is 7.25. The summed E-state index contributed by atoms with van der Waals surface area (Å²) in [6.07, 6.45) is 1.44. The molecule has 2 rings (SSSR count). The summed E-state index contributed by atoms with van der Waals surface area (Å²) >= 11 is 0. The lowest BCUT2D eigenvalue weighted by Gasteiger charge is -2.40. The molecule has 4 heteroatoms. The molecule has 1 saturated heterocycles. The maximum atomic E-state index is 10.8. The van der Waals surface area contributed by atoms with Crippen LogP contribution in [0.5, 0.6) is 5.75 Å². The van der Waals surface area contributed by atoms with E-state index >= 15 is 0 Å². The number of aryl methyl sites for hydroxylation is 1. The molecule has 1 aromatic rings. The summed E-state index contributed by atoms with van der Waals surface area (Å²) in [6, 6.07) is 6.04. The van der Waals surface area contributed by atoms with E-state index in [2.05, 4.69) is 6.07 Å². The van der Waals surface area contributed by atoms with Crippen molar-refractivity contribution in [2.24, 2.45) is 0 Å². The molecule has 0 aromatic heterocycles. The summed E-state index contributed by atoms with van der Waals surface area (Å²) in [5.74, 6) is 0.818. The highest BCUT2D eigenvalue weighted by Crippen LogP contribution is 2.32. The fourth-order valence-corrected chi connectivity index (χ4v) is 3.04. The largest absolute Gasteiger partial charge is 0.496 e. The predicted molar refractivity (Wildman–Crippen MR) is 81.9 cm³/mol. The number of benzene rings is 1. The Morgan fingerprint density at radius 2 is 2.05 bits per heavy atom. The molecular weight excluding hydrogens is 268 g/mol. The van der Waals surface area contributed by atoms with Gasteiger partial charge in [-0.3, -0.25) is 0 Å². The summed E-state index contributed by atoms with van der Waals surface area (Å²) in [6.45, 7) is 5.89. The van der Waals surface area contributed by atoms with Gasteiger partial charge in [0.2, 0.25) is 0 Å². The zero-order valence-electron chi connectivity index (χ0n) is 13.2. The smallest absolute Gasteiger partial charge is 0.122 e. The average molecular weight is 294 g/mol. The van der Waals surface area contributed by atoms with Gasteiger partial charge < -0.3 is 19.3 Å². The van der Waals surface area contributed by atoms with E-state index in [0.29, 0.717) is 26.2 Å². The van der Waals surface area contributed by atoms with Gasteiger partial charge in [0.05, 0.1) is 18.8 Å². The minimum Gasteiger partial charge on any atom is -0.496 e. The molecule has 0 saturated carbocycles. The van der Waals surface area contributed by atoms with Crippen molar-refractivity contribution >= 4 is 0 Å². The van der Waals surface area contributed by atoms with Crippen molar-refractivity contribution in [1.82, 2.24) is 0 Å². The lowest BCUT2D eigenvalue weighted by atomic mass is 9.84. The molecule has 1 fully saturated rings. The first kappa shape index (κ1) is 16.3. The molecular formula is C17H26O4. The number of ether oxygens (including phenoxy) is 3. The second-order valence-electron chi connectivity index (χ2n) is 5.65. The first-order valence-electron chi connectivity index (χ1n) is 7.64. The molecule has 118 valence electrons. The molecule has 0 aliphatic carbocycles. The van der Waals surface area contributed by atoms with Gasteiger partial charge in [0.1, 0.15) is 5.75 Å². The van der Waals surface area contributed by atoms with Crippen LogP contribution in [0, 0.1) is 6.92 Å². The first-order chi connectivity index (χ1) is 10.1. The Bertz CT molecular complexity index is 447. The molecule has 0 bridgehead atoms. The van der Waals surface area contributed by atoms with Crippen LogP contribution >= 0.6 is 0 Å². The van der Waals surface area contributed by atoms with Gasteiger partial charge in [0, 0.05) is 39.1 Å². The van der Waals surface area contributed by atoms with Gasteiger partial charge in [0.25, 0.3) is 0 Å². The van der Waals surface area contributed by atoms with Crippen LogP contribution in [0.1, 0.15) is 30.9 Å². The van der Waals surface area contributed by atoms with Crippen LogP contribution in [-0.4, -0.2) is 43.7 Å². The van der Waals surface area contributed by atoms with Crippen molar-refractivity contribution in [3.8, 4) is 5.75 Å². The molecule has 0 spiro atoms. The summed E-state index contributed by atoms with van der Waals surface area (Å²) in [7, 11) is 1.66. The quantitative estimate of drug-likeness (QED) is 0.875. The van der Waals surface area contributed by atoms with Crippen LogP contribution in [-0.2, 0) is 15.9 Å². The third-order valence-corrected chi connectivity index (χ3v) is 4.23. The molecule has 1 aliphatic heterocycles. The first-order valence-corrected chi connectivity index (χ1v) is 7.64. The van der Waals surface area contributed by atoms with Gasteiger partial charge in [0.15, 0.2) is 0 Å². The van der Waals surface area contributed by atoms with Crippen LogP contribution < -0.4 is 4.74 Å². The highest BCUT2D eigenvalue weighted by Gasteiger charge is 2.40. The maximum absolute atomic E-state index is 10.8. The molecule has 0 amide bonds. The predicted octanol–water partition coefficient (Wildman–Crippen LogP) is 2.49. The lowest BCUT2D eigenvalue weighted by molar-refractivity contribution is -0.165. The molecule has 0 radical (unpaired) electrons. The molecule has 4 nitrogen and oxygen atoms in total. The van der Waals surface area contributed by atoms with E-state index < -0.39 is 11.7 Å². The summed E-state index contributed by atoms with van der Waals surface area (Å²) in [4.78, 5) is 0. The Labute approximate surface area is 127 Å². The summed E-state index contributed by atoms with van der Waals surface area (Å²) in [5, 5.41) is 10.8. The normalized spacial score (nSPS) is 19.2. The highest BCUT2D eigenvalue weighted by atomic mass is 16.5. The Morgan fingerprint density at radius 3 is 2.67 bits per heavy atom. The second-order valence-corrected chi connectivity index (χ2v) is 5.65. The van der Waals surface area contributed by atoms with Crippen molar-refractivity contribution in [3.63, 3.8) is 0 Å². The van der Waals surface area contributed by atoms with Crippen molar-refractivity contribution in [3.05, 3.63) is 29.3 Å². The molecule has 1 aromatic carbocycles. The van der Waals surface area contributed by atoms with Crippen molar-refractivity contribution in [2.75, 3.05) is 26.9 Å². The van der Waals surface area contributed by atoms with Crippen LogP contribution in [0.4, 0.5) is 0 Å². The van der Waals surface area contributed by atoms with E-state index in [0.717, 1.165) is 29.7 Å². The van der Waals surface area contributed by atoms with E-state index in [1.165, 1.54) is 0 Å². The van der Waals surface area contributed by atoms with Gasteiger partial charge in [-0.1, -0.05) is 17.7 Å². The Balaban J connectivity index is 2.18. The highest BCUT2D eigenvalue weighted by molar-refractivity contribution is 5.37. The van der Waals surface area contributed by atoms with Crippen LogP contribution in [0.3, 0.4) is 0 Å². The topological polar surface area (TPSA) is 47.9 Å². The molecule has 1 N–H and O–H groups in total. The number of hydrogen-bond acceptors (Lipinski definition) is 4. The monoisotopic (exact) mass is 294 g/mol. The Morgan fingerprint density at radius 1 is 1.33 bits per heavy atom.